The topological polar surface area (TPSA) is 108 Å². The van der Waals surface area contributed by atoms with Gasteiger partial charge in [-0.25, -0.2) is 14.4 Å². The van der Waals surface area contributed by atoms with Crippen molar-refractivity contribution < 1.29 is 28.6 Å². The predicted molar refractivity (Wildman–Crippen MR) is 110 cm³/mol. The molecule has 1 fully saturated rings. The van der Waals surface area contributed by atoms with Gasteiger partial charge in [0.25, 0.3) is 0 Å². The van der Waals surface area contributed by atoms with E-state index in [2.05, 4.69) is 0 Å². The second-order valence-electron chi connectivity index (χ2n) is 8.64. The summed E-state index contributed by atoms with van der Waals surface area (Å²) in [6.45, 7) is 6.41. The van der Waals surface area contributed by atoms with Crippen molar-refractivity contribution in [3.05, 3.63) is 35.9 Å². The maximum atomic E-state index is 12.7. The number of likely N-dealkylation sites (tertiary alicyclic amines) is 1. The van der Waals surface area contributed by atoms with Crippen LogP contribution >= 0.6 is 0 Å². The minimum Gasteiger partial charge on any atom is -0.467 e. The number of nitrogens with two attached hydrogens (primary N) is 1. The molecule has 0 aliphatic carbocycles. The van der Waals surface area contributed by atoms with Crippen LogP contribution < -0.4 is 5.73 Å². The highest BCUT2D eigenvalue weighted by molar-refractivity contribution is 6.04. The molecule has 1 aliphatic rings. The Balaban J connectivity index is 1.96. The van der Waals surface area contributed by atoms with E-state index in [-0.39, 0.29) is 25.0 Å². The summed E-state index contributed by atoms with van der Waals surface area (Å²) in [4.78, 5) is 38.9. The summed E-state index contributed by atoms with van der Waals surface area (Å²) in [5.41, 5.74) is 4.56. The molecule has 8 heteroatoms. The first-order valence-electron chi connectivity index (χ1n) is 10.1. The molecule has 0 aromatic heterocycles. The number of nitrogens with zero attached hydrogens (tertiary/aromatic N) is 1. The van der Waals surface area contributed by atoms with Crippen LogP contribution in [0.3, 0.4) is 0 Å². The molecule has 0 saturated carbocycles. The van der Waals surface area contributed by atoms with Gasteiger partial charge in [-0.15, -0.1) is 0 Å². The number of hydrogen-bond acceptors (Lipinski definition) is 7. The standard InChI is InChI=1S/C22H32N2O6/c1-21(2,3)30-20(27)24-12-10-16(11-13-24)14-22(23,18(25)28-4)19(26)29-15-17-8-6-5-7-9-17/h5-9,16H,10-15,23H2,1-4H3. The van der Waals surface area contributed by atoms with Crippen LogP contribution in [0.2, 0.25) is 0 Å². The summed E-state index contributed by atoms with van der Waals surface area (Å²) >= 11 is 0. The van der Waals surface area contributed by atoms with Crippen LogP contribution in [-0.4, -0.2) is 54.3 Å². The van der Waals surface area contributed by atoms with Crippen molar-refractivity contribution in [1.82, 2.24) is 4.90 Å². The number of rotatable bonds is 6. The van der Waals surface area contributed by atoms with Crippen LogP contribution in [-0.2, 0) is 30.4 Å². The summed E-state index contributed by atoms with van der Waals surface area (Å²) in [5.74, 6) is -1.67. The van der Waals surface area contributed by atoms with Gasteiger partial charge < -0.3 is 24.8 Å². The monoisotopic (exact) mass is 420 g/mol. The largest absolute Gasteiger partial charge is 0.467 e. The van der Waals surface area contributed by atoms with Crippen molar-refractivity contribution in [3.8, 4) is 0 Å². The maximum Gasteiger partial charge on any atom is 0.410 e. The molecule has 8 nitrogen and oxygen atoms in total. The molecule has 0 spiro atoms. The van der Waals surface area contributed by atoms with Crippen molar-refractivity contribution in [2.24, 2.45) is 11.7 Å². The van der Waals surface area contributed by atoms with Crippen molar-refractivity contribution in [3.63, 3.8) is 0 Å². The van der Waals surface area contributed by atoms with Gasteiger partial charge in [0.1, 0.15) is 12.2 Å². The zero-order chi connectivity index (χ0) is 22.4. The number of carbonyl (C=O) groups is 3. The Hall–Kier alpha value is -2.61. The maximum absolute atomic E-state index is 12.7. The predicted octanol–water partition coefficient (Wildman–Crippen LogP) is 2.64. The lowest BCUT2D eigenvalue weighted by atomic mass is 9.83. The van der Waals surface area contributed by atoms with E-state index in [4.69, 9.17) is 19.9 Å². The number of amides is 1. The fourth-order valence-electron chi connectivity index (χ4n) is 3.39. The van der Waals surface area contributed by atoms with E-state index in [1.165, 1.54) is 7.11 Å². The minimum atomic E-state index is -1.89. The van der Waals surface area contributed by atoms with Crippen LogP contribution in [0.4, 0.5) is 4.79 Å². The Morgan fingerprint density at radius 1 is 1.07 bits per heavy atom. The summed E-state index contributed by atoms with van der Waals surface area (Å²) < 4.78 is 15.5. The minimum absolute atomic E-state index is 0.0205. The van der Waals surface area contributed by atoms with E-state index in [1.807, 2.05) is 51.1 Å². The molecule has 0 radical (unpaired) electrons. The Labute approximate surface area is 177 Å². The highest BCUT2D eigenvalue weighted by atomic mass is 16.6. The highest BCUT2D eigenvalue weighted by Crippen LogP contribution is 2.28. The van der Waals surface area contributed by atoms with Crippen molar-refractivity contribution >= 4 is 18.0 Å². The number of hydrogen-bond donors (Lipinski definition) is 1. The Morgan fingerprint density at radius 2 is 1.67 bits per heavy atom. The molecule has 166 valence electrons. The number of methoxy groups -OCH3 is 1. The molecule has 1 aliphatic heterocycles. The molecule has 1 aromatic rings. The average molecular weight is 421 g/mol. The molecular formula is C22H32N2O6. The number of carbonyl (C=O) groups excluding carboxylic acids is 3. The average Bonchev–Trinajstić information content (AvgIpc) is 2.71. The first-order chi connectivity index (χ1) is 14.0. The van der Waals surface area contributed by atoms with E-state index >= 15 is 0 Å². The molecule has 1 atom stereocenters. The van der Waals surface area contributed by atoms with Gasteiger partial charge in [0.15, 0.2) is 0 Å². The first-order valence-corrected chi connectivity index (χ1v) is 10.1. The molecule has 30 heavy (non-hydrogen) atoms. The second kappa shape index (κ2) is 9.93. The van der Waals surface area contributed by atoms with E-state index in [0.717, 1.165) is 5.56 Å². The molecule has 1 heterocycles. The molecule has 1 unspecified atom stereocenters. The van der Waals surface area contributed by atoms with Gasteiger partial charge in [-0.2, -0.15) is 0 Å². The molecule has 2 rings (SSSR count). The molecule has 1 amide bonds. The summed E-state index contributed by atoms with van der Waals surface area (Å²) in [5, 5.41) is 0. The fourth-order valence-corrected chi connectivity index (χ4v) is 3.39. The molecule has 0 bridgehead atoms. The Bertz CT molecular complexity index is 738. The van der Waals surface area contributed by atoms with E-state index < -0.39 is 23.1 Å². The van der Waals surface area contributed by atoms with E-state index in [1.54, 1.807) is 4.90 Å². The lowest BCUT2D eigenvalue weighted by Gasteiger charge is -2.36. The van der Waals surface area contributed by atoms with Crippen LogP contribution in [0.1, 0.15) is 45.6 Å². The third-order valence-corrected chi connectivity index (χ3v) is 5.00. The van der Waals surface area contributed by atoms with Crippen molar-refractivity contribution in [2.75, 3.05) is 20.2 Å². The van der Waals surface area contributed by atoms with Crippen LogP contribution in [0, 0.1) is 5.92 Å². The van der Waals surface area contributed by atoms with Crippen LogP contribution in [0.15, 0.2) is 30.3 Å². The summed E-state index contributed by atoms with van der Waals surface area (Å²) in [6, 6.07) is 9.15. The SMILES string of the molecule is COC(=O)C(N)(CC1CCN(C(=O)OC(C)(C)C)CC1)C(=O)OCc1ccccc1. The van der Waals surface area contributed by atoms with Gasteiger partial charge in [-0.05, 0) is 51.5 Å². The summed E-state index contributed by atoms with van der Waals surface area (Å²) in [6.07, 6.45) is 0.924. The lowest BCUT2D eigenvalue weighted by Crippen LogP contribution is -2.58. The molecule has 1 aromatic carbocycles. The zero-order valence-corrected chi connectivity index (χ0v) is 18.2. The van der Waals surface area contributed by atoms with Crippen molar-refractivity contribution in [1.29, 1.82) is 0 Å². The first kappa shape index (κ1) is 23.7. The molecular weight excluding hydrogens is 388 g/mol. The quantitative estimate of drug-likeness (QED) is 0.428. The van der Waals surface area contributed by atoms with Gasteiger partial charge in [0, 0.05) is 13.1 Å². The number of piperidine rings is 1. The van der Waals surface area contributed by atoms with Crippen LogP contribution in [0.5, 0.6) is 0 Å². The number of esters is 2. The van der Waals surface area contributed by atoms with Crippen molar-refractivity contribution in [2.45, 2.75) is 57.8 Å². The Morgan fingerprint density at radius 3 is 2.20 bits per heavy atom. The van der Waals surface area contributed by atoms with Gasteiger partial charge >= 0.3 is 18.0 Å². The second-order valence-corrected chi connectivity index (χ2v) is 8.64. The van der Waals surface area contributed by atoms with Gasteiger partial charge in [-0.1, -0.05) is 30.3 Å². The third-order valence-electron chi connectivity index (χ3n) is 5.00. The van der Waals surface area contributed by atoms with Gasteiger partial charge in [-0.3, -0.25) is 0 Å². The van der Waals surface area contributed by atoms with E-state index in [9.17, 15) is 14.4 Å². The smallest absolute Gasteiger partial charge is 0.410 e. The summed E-state index contributed by atoms with van der Waals surface area (Å²) in [7, 11) is 1.19. The van der Waals surface area contributed by atoms with Gasteiger partial charge in [0.05, 0.1) is 7.11 Å². The highest BCUT2D eigenvalue weighted by Gasteiger charge is 2.47. The third kappa shape index (κ3) is 6.45. The van der Waals surface area contributed by atoms with E-state index in [0.29, 0.717) is 25.9 Å². The number of ether oxygens (including phenoxy) is 3. The molecule has 1 saturated heterocycles. The lowest BCUT2D eigenvalue weighted by molar-refractivity contribution is -0.165. The molecule has 2 N–H and O–H groups in total. The van der Waals surface area contributed by atoms with Gasteiger partial charge in [0.2, 0.25) is 5.54 Å². The fraction of sp³-hybridized carbons (Fsp3) is 0.591. The number of benzene rings is 1. The van der Waals surface area contributed by atoms with Crippen LogP contribution in [0.25, 0.3) is 0 Å². The normalized spacial score (nSPS) is 17.0. The zero-order valence-electron chi connectivity index (χ0n) is 18.2. The Kier molecular flexibility index (Phi) is 7.83.